The van der Waals surface area contributed by atoms with E-state index in [1.54, 1.807) is 12.4 Å². The molecule has 36 valence electrons. The van der Waals surface area contributed by atoms with Crippen molar-refractivity contribution in [3.63, 3.8) is 0 Å². The Kier molecular flexibility index (Phi) is 1.02. The first kappa shape index (κ1) is 4.24. The zero-order valence-electron chi connectivity index (χ0n) is 3.91. The average molecular weight is 94.1 g/mol. The second-order valence-corrected chi connectivity index (χ2v) is 1.31. The fraction of sp³-hybridized carbons (Fsp3) is 0.200. The van der Waals surface area contributed by atoms with Crippen LogP contribution in [-0.2, 0) is 0 Å². The van der Waals surface area contributed by atoms with Gasteiger partial charge < -0.3 is 0 Å². The second kappa shape index (κ2) is 1.69. The molecule has 2 nitrogen and oxygen atoms in total. The standard InChI is InChI=1S/C5H6N2/c1-6-5-2-3-7-4-5/h2-5H,1H2. The van der Waals surface area contributed by atoms with Crippen LogP contribution in [0.2, 0.25) is 0 Å². The van der Waals surface area contributed by atoms with Gasteiger partial charge in [0.25, 0.3) is 0 Å². The average Bonchev–Trinajstić information content (AvgIpc) is 2.14. The van der Waals surface area contributed by atoms with Gasteiger partial charge >= 0.3 is 0 Å². The number of hydrogen-bond donors (Lipinski definition) is 0. The summed E-state index contributed by atoms with van der Waals surface area (Å²) < 4.78 is 0. The van der Waals surface area contributed by atoms with Crippen molar-refractivity contribution < 1.29 is 0 Å². The van der Waals surface area contributed by atoms with Gasteiger partial charge in [0.2, 0.25) is 0 Å². The van der Waals surface area contributed by atoms with Crippen molar-refractivity contribution in [3.8, 4) is 0 Å². The Morgan fingerprint density at radius 2 is 2.57 bits per heavy atom. The highest BCUT2D eigenvalue weighted by Crippen LogP contribution is 1.95. The zero-order chi connectivity index (χ0) is 5.11. The summed E-state index contributed by atoms with van der Waals surface area (Å²) in [6.07, 6.45) is 5.35. The zero-order valence-corrected chi connectivity index (χ0v) is 3.91. The lowest BCUT2D eigenvalue weighted by Crippen LogP contribution is -1.94. The van der Waals surface area contributed by atoms with Crippen LogP contribution in [-0.4, -0.2) is 19.0 Å². The van der Waals surface area contributed by atoms with Gasteiger partial charge in [-0.2, -0.15) is 0 Å². The van der Waals surface area contributed by atoms with E-state index < -0.39 is 0 Å². The van der Waals surface area contributed by atoms with Crippen LogP contribution in [0.25, 0.3) is 0 Å². The molecule has 7 heavy (non-hydrogen) atoms. The lowest BCUT2D eigenvalue weighted by atomic mass is 10.4. The highest BCUT2D eigenvalue weighted by molar-refractivity contribution is 5.71. The molecule has 0 amide bonds. The minimum atomic E-state index is 0.139. The molecule has 1 aliphatic rings. The van der Waals surface area contributed by atoms with E-state index in [1.165, 1.54) is 0 Å². The Morgan fingerprint density at radius 1 is 1.71 bits per heavy atom. The highest BCUT2D eigenvalue weighted by atomic mass is 14.8. The molecule has 0 fully saturated rings. The van der Waals surface area contributed by atoms with E-state index in [-0.39, 0.29) is 6.04 Å². The molecule has 1 unspecified atom stereocenters. The van der Waals surface area contributed by atoms with E-state index >= 15 is 0 Å². The molecular weight excluding hydrogens is 88.1 g/mol. The number of aliphatic imine (C=N–C) groups is 2. The fourth-order valence-electron chi connectivity index (χ4n) is 0.433. The molecule has 1 heterocycles. The molecule has 0 aromatic carbocycles. The van der Waals surface area contributed by atoms with Crippen molar-refractivity contribution in [2.24, 2.45) is 9.98 Å². The summed E-state index contributed by atoms with van der Waals surface area (Å²) in [5.41, 5.74) is 0. The van der Waals surface area contributed by atoms with Gasteiger partial charge in [-0.05, 0) is 12.8 Å². The summed E-state index contributed by atoms with van der Waals surface area (Å²) in [7, 11) is 0. The molecule has 1 atom stereocenters. The summed E-state index contributed by atoms with van der Waals surface area (Å²) in [5.74, 6) is 0. The molecule has 0 N–H and O–H groups in total. The highest BCUT2D eigenvalue weighted by Gasteiger charge is 1.96. The summed E-state index contributed by atoms with van der Waals surface area (Å²) in [6.45, 7) is 3.35. The van der Waals surface area contributed by atoms with Crippen molar-refractivity contribution in [1.82, 2.24) is 0 Å². The first-order valence-corrected chi connectivity index (χ1v) is 2.09. The van der Waals surface area contributed by atoms with Gasteiger partial charge in [-0.1, -0.05) is 0 Å². The molecule has 0 saturated carbocycles. The van der Waals surface area contributed by atoms with Crippen molar-refractivity contribution in [2.75, 3.05) is 0 Å². The molecule has 0 spiro atoms. The molecule has 1 rings (SSSR count). The Balaban J connectivity index is 2.59. The third-order valence-electron chi connectivity index (χ3n) is 0.819. The van der Waals surface area contributed by atoms with Crippen molar-refractivity contribution in [2.45, 2.75) is 6.04 Å². The minimum Gasteiger partial charge on any atom is -0.288 e. The maximum atomic E-state index is 3.80. The molecule has 0 saturated heterocycles. The largest absolute Gasteiger partial charge is 0.288 e. The molecule has 0 aliphatic carbocycles. The van der Waals surface area contributed by atoms with E-state index in [0.29, 0.717) is 0 Å². The van der Waals surface area contributed by atoms with Crippen LogP contribution in [0, 0.1) is 0 Å². The van der Waals surface area contributed by atoms with Crippen LogP contribution in [0.3, 0.4) is 0 Å². The van der Waals surface area contributed by atoms with Crippen LogP contribution in [0.1, 0.15) is 0 Å². The normalized spacial score (nSPS) is 26.0. The third kappa shape index (κ3) is 0.738. The maximum Gasteiger partial charge on any atom is 0.104 e. The molecule has 0 radical (unpaired) electrons. The third-order valence-corrected chi connectivity index (χ3v) is 0.819. The Labute approximate surface area is 42.3 Å². The molecule has 0 aromatic rings. The fourth-order valence-corrected chi connectivity index (χ4v) is 0.433. The summed E-state index contributed by atoms with van der Waals surface area (Å²) in [4.78, 5) is 7.50. The monoisotopic (exact) mass is 94.1 g/mol. The predicted molar refractivity (Wildman–Crippen MR) is 31.0 cm³/mol. The smallest absolute Gasteiger partial charge is 0.104 e. The summed E-state index contributed by atoms with van der Waals surface area (Å²) >= 11 is 0. The van der Waals surface area contributed by atoms with E-state index in [2.05, 4.69) is 16.7 Å². The van der Waals surface area contributed by atoms with Crippen LogP contribution in [0.5, 0.6) is 0 Å². The van der Waals surface area contributed by atoms with E-state index in [1.807, 2.05) is 6.08 Å². The van der Waals surface area contributed by atoms with Gasteiger partial charge in [-0.3, -0.25) is 9.98 Å². The van der Waals surface area contributed by atoms with Crippen LogP contribution < -0.4 is 0 Å². The predicted octanol–water partition coefficient (Wildman–Crippen LogP) is 0.654. The SMILES string of the molecule is C=NC1C=CN=C1. The lowest BCUT2D eigenvalue weighted by Gasteiger charge is -1.86. The minimum absolute atomic E-state index is 0.139. The Bertz CT molecular complexity index is 112. The Morgan fingerprint density at radius 3 is 2.86 bits per heavy atom. The second-order valence-electron chi connectivity index (χ2n) is 1.31. The first-order valence-electron chi connectivity index (χ1n) is 2.09. The molecule has 0 bridgehead atoms. The lowest BCUT2D eigenvalue weighted by molar-refractivity contribution is 1.14. The molecule has 2 heteroatoms. The van der Waals surface area contributed by atoms with Crippen molar-refractivity contribution in [3.05, 3.63) is 12.3 Å². The Hall–Kier alpha value is -0.920. The summed E-state index contributed by atoms with van der Waals surface area (Å²) in [5, 5.41) is 0. The van der Waals surface area contributed by atoms with E-state index in [0.717, 1.165) is 0 Å². The quantitative estimate of drug-likeness (QED) is 0.426. The van der Waals surface area contributed by atoms with Gasteiger partial charge in [0.05, 0.1) is 0 Å². The first-order chi connectivity index (χ1) is 3.43. The van der Waals surface area contributed by atoms with Gasteiger partial charge in [0.1, 0.15) is 6.04 Å². The maximum absolute atomic E-state index is 3.80. The van der Waals surface area contributed by atoms with Gasteiger partial charge in [0.15, 0.2) is 0 Å². The van der Waals surface area contributed by atoms with E-state index in [4.69, 9.17) is 0 Å². The number of rotatable bonds is 1. The molecule has 1 aliphatic heterocycles. The van der Waals surface area contributed by atoms with Crippen molar-refractivity contribution >= 4 is 12.9 Å². The number of hydrogen-bond acceptors (Lipinski definition) is 2. The van der Waals surface area contributed by atoms with Gasteiger partial charge in [0, 0.05) is 12.4 Å². The summed E-state index contributed by atoms with van der Waals surface area (Å²) in [6, 6.07) is 0.139. The van der Waals surface area contributed by atoms with Gasteiger partial charge in [-0.15, -0.1) is 0 Å². The van der Waals surface area contributed by atoms with Gasteiger partial charge in [-0.25, -0.2) is 0 Å². The van der Waals surface area contributed by atoms with Crippen molar-refractivity contribution in [1.29, 1.82) is 0 Å². The number of nitrogens with zero attached hydrogens (tertiary/aromatic N) is 2. The van der Waals surface area contributed by atoms with E-state index in [9.17, 15) is 0 Å². The topological polar surface area (TPSA) is 24.7 Å². The van der Waals surface area contributed by atoms with Crippen LogP contribution >= 0.6 is 0 Å². The van der Waals surface area contributed by atoms with Crippen LogP contribution in [0.4, 0.5) is 0 Å². The van der Waals surface area contributed by atoms with Crippen LogP contribution in [0.15, 0.2) is 22.3 Å². The molecular formula is C5H6N2. The molecule has 0 aromatic heterocycles.